The zero-order chi connectivity index (χ0) is 11.7. The van der Waals surface area contributed by atoms with Gasteiger partial charge in [-0.25, -0.2) is 0 Å². The predicted octanol–water partition coefficient (Wildman–Crippen LogP) is 1.99. The van der Waals surface area contributed by atoms with Crippen molar-refractivity contribution in [2.45, 2.75) is 58.0 Å². The Morgan fingerprint density at radius 2 is 1.67 bits per heavy atom. The molecule has 0 saturated heterocycles. The molecule has 15 heavy (non-hydrogen) atoms. The third kappa shape index (κ3) is 11.8. The molecule has 0 aromatic heterocycles. The maximum Gasteiger partial charge on any atom is 0.264 e. The predicted molar refractivity (Wildman–Crippen MR) is 60.4 cm³/mol. The van der Waals surface area contributed by atoms with Crippen molar-refractivity contribution in [2.24, 2.45) is 0 Å². The van der Waals surface area contributed by atoms with Gasteiger partial charge < -0.3 is 5.11 Å². The molecule has 0 amide bonds. The van der Waals surface area contributed by atoms with Crippen molar-refractivity contribution in [3.63, 3.8) is 0 Å². The second kappa shape index (κ2) is 8.07. The van der Waals surface area contributed by atoms with Gasteiger partial charge in [0.1, 0.15) is 0 Å². The lowest BCUT2D eigenvalue weighted by atomic mass is 10.1. The van der Waals surface area contributed by atoms with E-state index in [0.717, 1.165) is 38.5 Å². The average Bonchev–Trinajstić information content (AvgIpc) is 2.09. The number of unbranched alkanes of at least 4 members (excludes halogenated alkanes) is 3. The number of hydrogen-bond donors (Lipinski definition) is 2. The lowest BCUT2D eigenvalue weighted by molar-refractivity contribution is 0.150. The number of rotatable bonds is 9. The van der Waals surface area contributed by atoms with Gasteiger partial charge in [0.15, 0.2) is 0 Å². The van der Waals surface area contributed by atoms with Gasteiger partial charge in [0, 0.05) is 0 Å². The minimum absolute atomic E-state index is 0.148. The molecule has 5 heteroatoms. The molecule has 4 nitrogen and oxygen atoms in total. The lowest BCUT2D eigenvalue weighted by Gasteiger charge is -2.08. The van der Waals surface area contributed by atoms with Crippen LogP contribution < -0.4 is 0 Å². The van der Waals surface area contributed by atoms with Gasteiger partial charge in [0.2, 0.25) is 0 Å². The largest absolute Gasteiger partial charge is 0.393 e. The zero-order valence-corrected chi connectivity index (χ0v) is 10.2. The Bertz CT molecular complexity index is 236. The summed E-state index contributed by atoms with van der Waals surface area (Å²) in [5, 5.41) is 9.40. The van der Waals surface area contributed by atoms with Crippen LogP contribution >= 0.6 is 0 Å². The quantitative estimate of drug-likeness (QED) is 0.476. The Labute approximate surface area is 92.4 Å². The highest BCUT2D eigenvalue weighted by atomic mass is 32.2. The minimum atomic E-state index is -3.79. The molecule has 0 fully saturated rings. The number of hydrogen-bond acceptors (Lipinski definition) is 3. The molecule has 0 rings (SSSR count). The summed E-state index contributed by atoms with van der Waals surface area (Å²) in [6.07, 6.45) is 5.54. The molecule has 0 aromatic rings. The van der Waals surface area contributed by atoms with Crippen molar-refractivity contribution < 1.29 is 18.1 Å². The van der Waals surface area contributed by atoms with E-state index < -0.39 is 10.1 Å². The molecule has 1 unspecified atom stereocenters. The van der Waals surface area contributed by atoms with E-state index in [1.54, 1.807) is 0 Å². The molecule has 0 radical (unpaired) electrons. The second-order valence-electron chi connectivity index (χ2n) is 3.93. The molecular formula is C10H22O4S. The summed E-state index contributed by atoms with van der Waals surface area (Å²) in [7, 11) is -3.79. The maximum atomic E-state index is 10.4. The molecule has 0 aliphatic heterocycles. The minimum Gasteiger partial charge on any atom is -0.393 e. The smallest absolute Gasteiger partial charge is 0.264 e. The molecule has 2 N–H and O–H groups in total. The van der Waals surface area contributed by atoms with Crippen molar-refractivity contribution in [1.29, 1.82) is 0 Å². The van der Waals surface area contributed by atoms with Crippen LogP contribution in [0.25, 0.3) is 0 Å². The van der Waals surface area contributed by atoms with E-state index in [4.69, 9.17) is 4.55 Å². The first-order valence-electron chi connectivity index (χ1n) is 5.59. The Morgan fingerprint density at radius 1 is 1.07 bits per heavy atom. The van der Waals surface area contributed by atoms with E-state index in [1.807, 2.05) is 6.92 Å². The summed E-state index contributed by atoms with van der Waals surface area (Å²) in [6.45, 7) is 2.04. The van der Waals surface area contributed by atoms with Crippen molar-refractivity contribution in [3.8, 4) is 0 Å². The van der Waals surface area contributed by atoms with Gasteiger partial charge in [0.05, 0.1) is 11.9 Å². The van der Waals surface area contributed by atoms with E-state index in [1.165, 1.54) is 0 Å². The van der Waals surface area contributed by atoms with E-state index in [-0.39, 0.29) is 11.9 Å². The highest BCUT2D eigenvalue weighted by molar-refractivity contribution is 7.85. The van der Waals surface area contributed by atoms with E-state index >= 15 is 0 Å². The topological polar surface area (TPSA) is 74.6 Å². The highest BCUT2D eigenvalue weighted by Crippen LogP contribution is 2.09. The fourth-order valence-corrected chi connectivity index (χ4v) is 2.06. The number of aliphatic hydroxyl groups is 1. The van der Waals surface area contributed by atoms with Gasteiger partial charge in [-0.1, -0.05) is 32.6 Å². The summed E-state index contributed by atoms with van der Waals surface area (Å²) < 4.78 is 29.2. The molecule has 0 aliphatic carbocycles. The van der Waals surface area contributed by atoms with Gasteiger partial charge in [-0.15, -0.1) is 0 Å². The first-order valence-corrected chi connectivity index (χ1v) is 7.20. The van der Waals surface area contributed by atoms with Crippen molar-refractivity contribution in [2.75, 3.05) is 5.75 Å². The molecule has 0 aliphatic rings. The van der Waals surface area contributed by atoms with Gasteiger partial charge in [-0.3, -0.25) is 4.55 Å². The van der Waals surface area contributed by atoms with E-state index in [0.29, 0.717) is 6.42 Å². The Hall–Kier alpha value is -0.130. The lowest BCUT2D eigenvalue weighted by Crippen LogP contribution is -2.06. The standard InChI is InChI=1S/C10H22O4S/c1-2-7-10(11)8-5-3-4-6-9-15(12,13)14/h10-11H,2-9H2,1H3,(H,12,13,14). The fourth-order valence-electron chi connectivity index (χ4n) is 1.50. The van der Waals surface area contributed by atoms with Crippen LogP contribution in [0.4, 0.5) is 0 Å². The van der Waals surface area contributed by atoms with E-state index in [2.05, 4.69) is 0 Å². The second-order valence-corrected chi connectivity index (χ2v) is 5.50. The van der Waals surface area contributed by atoms with Gasteiger partial charge in [0.25, 0.3) is 10.1 Å². The van der Waals surface area contributed by atoms with Crippen LogP contribution in [-0.2, 0) is 10.1 Å². The SMILES string of the molecule is CCCC(O)CCCCCCS(=O)(=O)O. The van der Waals surface area contributed by atoms with Crippen molar-refractivity contribution in [1.82, 2.24) is 0 Å². The third-order valence-corrected chi connectivity index (χ3v) is 3.12. The Morgan fingerprint density at radius 3 is 2.20 bits per heavy atom. The number of aliphatic hydroxyl groups excluding tert-OH is 1. The molecule has 0 saturated carbocycles. The summed E-state index contributed by atoms with van der Waals surface area (Å²) in [5.74, 6) is -0.148. The van der Waals surface area contributed by atoms with Crippen molar-refractivity contribution in [3.05, 3.63) is 0 Å². The molecule has 0 heterocycles. The maximum absolute atomic E-state index is 10.4. The monoisotopic (exact) mass is 238 g/mol. The Balaban J connectivity index is 3.25. The summed E-state index contributed by atoms with van der Waals surface area (Å²) in [6, 6.07) is 0. The fraction of sp³-hybridized carbons (Fsp3) is 1.00. The van der Waals surface area contributed by atoms with Crippen LogP contribution in [0.2, 0.25) is 0 Å². The molecule has 92 valence electrons. The summed E-state index contributed by atoms with van der Waals surface area (Å²) >= 11 is 0. The normalized spacial score (nSPS) is 14.1. The van der Waals surface area contributed by atoms with Gasteiger partial charge in [-0.05, 0) is 19.3 Å². The van der Waals surface area contributed by atoms with Gasteiger partial charge in [-0.2, -0.15) is 8.42 Å². The van der Waals surface area contributed by atoms with Crippen LogP contribution in [0, 0.1) is 0 Å². The van der Waals surface area contributed by atoms with Crippen LogP contribution in [0.15, 0.2) is 0 Å². The molecule has 0 bridgehead atoms. The van der Waals surface area contributed by atoms with Crippen LogP contribution in [0.3, 0.4) is 0 Å². The molecular weight excluding hydrogens is 216 g/mol. The Kier molecular flexibility index (Phi) is 8.00. The van der Waals surface area contributed by atoms with Crippen LogP contribution in [0.1, 0.15) is 51.9 Å². The molecule has 0 spiro atoms. The first-order chi connectivity index (χ1) is 6.95. The van der Waals surface area contributed by atoms with Crippen LogP contribution in [0.5, 0.6) is 0 Å². The van der Waals surface area contributed by atoms with E-state index in [9.17, 15) is 13.5 Å². The molecule has 0 aromatic carbocycles. The van der Waals surface area contributed by atoms with Gasteiger partial charge >= 0.3 is 0 Å². The van der Waals surface area contributed by atoms with Crippen LogP contribution in [-0.4, -0.2) is 29.9 Å². The average molecular weight is 238 g/mol. The van der Waals surface area contributed by atoms with Crippen molar-refractivity contribution >= 4 is 10.1 Å². The molecule has 1 atom stereocenters. The summed E-state index contributed by atoms with van der Waals surface area (Å²) in [5.41, 5.74) is 0. The first kappa shape index (κ1) is 14.9. The third-order valence-electron chi connectivity index (χ3n) is 2.31. The zero-order valence-electron chi connectivity index (χ0n) is 9.35. The highest BCUT2D eigenvalue weighted by Gasteiger charge is 2.04. The summed E-state index contributed by atoms with van der Waals surface area (Å²) in [4.78, 5) is 0.